The van der Waals surface area contributed by atoms with Gasteiger partial charge in [-0.3, -0.25) is 4.79 Å². The van der Waals surface area contributed by atoms with Crippen LogP contribution >= 0.6 is 0 Å². The monoisotopic (exact) mass is 464 g/mol. The van der Waals surface area contributed by atoms with E-state index in [4.69, 9.17) is 9.16 Å². The van der Waals surface area contributed by atoms with Gasteiger partial charge in [-0.25, -0.2) is 0 Å². The second kappa shape index (κ2) is 11.5. The van der Waals surface area contributed by atoms with Crippen molar-refractivity contribution >= 4 is 14.3 Å². The summed E-state index contributed by atoms with van der Waals surface area (Å²) in [5.74, 6) is 0.229. The van der Waals surface area contributed by atoms with Gasteiger partial charge < -0.3 is 14.3 Å². The molecule has 1 N–H and O–H groups in total. The number of carbonyl (C=O) groups is 1. The fraction of sp³-hybridized carbons (Fsp3) is 0.815. The number of fused-ring (bicyclic) bond motifs is 1. The van der Waals surface area contributed by atoms with Crippen molar-refractivity contribution in [1.29, 1.82) is 0 Å². The third-order valence-corrected chi connectivity index (χ3v) is 12.2. The molecule has 5 heteroatoms. The Balaban J connectivity index is 2.31. The van der Waals surface area contributed by atoms with Crippen LogP contribution in [0.1, 0.15) is 92.4 Å². The zero-order chi connectivity index (χ0) is 24.0. The molecular formula is C27H48O4Si. The Hall–Kier alpha value is -0.913. The van der Waals surface area contributed by atoms with Crippen LogP contribution in [0.15, 0.2) is 24.3 Å². The van der Waals surface area contributed by atoms with Gasteiger partial charge in [-0.15, -0.1) is 0 Å². The average molecular weight is 465 g/mol. The standard InChI is InChI=1S/C27H48O4Si/c1-8-9-14-18-27(5,29)19-17-22-21-15-12-10-11-13-16-25(28)30-23(21)20-24(22)31-32(6,7)26(2,3)4/h10,12,17,19,21-24,29H,8-9,11,13-16,18,20H2,1-7H3/b12-10-,19-17+/t21-,22-,23+,24?,27+/m1/s1. The van der Waals surface area contributed by atoms with Crippen LogP contribution in [0, 0.1) is 11.8 Å². The third-order valence-electron chi connectivity index (χ3n) is 7.69. The zero-order valence-corrected chi connectivity index (χ0v) is 22.7. The van der Waals surface area contributed by atoms with Crippen molar-refractivity contribution in [2.75, 3.05) is 0 Å². The minimum absolute atomic E-state index is 0.00976. The number of hydrogen-bond acceptors (Lipinski definition) is 4. The van der Waals surface area contributed by atoms with Crippen molar-refractivity contribution in [3.63, 3.8) is 0 Å². The number of unbranched alkanes of at least 4 members (excludes halogenated alkanes) is 2. The quantitative estimate of drug-likeness (QED) is 0.183. The van der Waals surface area contributed by atoms with E-state index in [9.17, 15) is 9.90 Å². The molecule has 2 aliphatic rings. The molecule has 5 atom stereocenters. The van der Waals surface area contributed by atoms with Gasteiger partial charge in [0.1, 0.15) is 6.10 Å². The smallest absolute Gasteiger partial charge is 0.306 e. The van der Waals surface area contributed by atoms with E-state index in [1.807, 2.05) is 13.0 Å². The molecular weight excluding hydrogens is 416 g/mol. The van der Waals surface area contributed by atoms with Gasteiger partial charge in [-0.05, 0) is 50.7 Å². The molecule has 2 rings (SSSR count). The molecule has 0 aromatic heterocycles. The molecule has 1 aliphatic carbocycles. The highest BCUT2D eigenvalue weighted by Crippen LogP contribution is 2.45. The van der Waals surface area contributed by atoms with Crippen LogP contribution in [-0.2, 0) is 14.0 Å². The van der Waals surface area contributed by atoms with Gasteiger partial charge >= 0.3 is 5.97 Å². The van der Waals surface area contributed by atoms with E-state index in [1.165, 1.54) is 0 Å². The van der Waals surface area contributed by atoms with Crippen molar-refractivity contribution in [3.05, 3.63) is 24.3 Å². The molecule has 0 aromatic rings. The Morgan fingerprint density at radius 2 is 1.94 bits per heavy atom. The zero-order valence-electron chi connectivity index (χ0n) is 21.7. The molecule has 1 fully saturated rings. The molecule has 1 unspecified atom stereocenters. The lowest BCUT2D eigenvalue weighted by Crippen LogP contribution is -2.45. The van der Waals surface area contributed by atoms with Crippen LogP contribution in [0.25, 0.3) is 0 Å². The predicted molar refractivity (Wildman–Crippen MR) is 135 cm³/mol. The summed E-state index contributed by atoms with van der Waals surface area (Å²) < 4.78 is 12.9. The summed E-state index contributed by atoms with van der Waals surface area (Å²) in [7, 11) is -1.99. The van der Waals surface area contributed by atoms with Gasteiger partial charge in [-0.2, -0.15) is 0 Å². The fourth-order valence-electron chi connectivity index (χ4n) is 4.58. The molecule has 1 aliphatic heterocycles. The molecule has 4 nitrogen and oxygen atoms in total. The second-order valence-electron chi connectivity index (χ2n) is 11.7. The van der Waals surface area contributed by atoms with Crippen molar-refractivity contribution in [1.82, 2.24) is 0 Å². The van der Waals surface area contributed by atoms with Crippen LogP contribution in [0.2, 0.25) is 18.1 Å². The first-order valence-corrected chi connectivity index (χ1v) is 15.7. The summed E-state index contributed by atoms with van der Waals surface area (Å²) in [6, 6.07) is 0. The number of ether oxygens (including phenoxy) is 1. The highest BCUT2D eigenvalue weighted by atomic mass is 28.4. The summed E-state index contributed by atoms with van der Waals surface area (Å²) in [6.45, 7) is 15.4. The van der Waals surface area contributed by atoms with Crippen LogP contribution in [0.5, 0.6) is 0 Å². The SMILES string of the molecule is CCCCC[C@](C)(O)/C=C/[C@H]1C(O[Si](C)(C)C(C)(C)C)C[C@@H]2OC(=O)CCC/C=C\C[C@@H]21. The van der Waals surface area contributed by atoms with Crippen molar-refractivity contribution in [2.24, 2.45) is 11.8 Å². The summed E-state index contributed by atoms with van der Waals surface area (Å²) in [5, 5.41) is 11.1. The highest BCUT2D eigenvalue weighted by Gasteiger charge is 2.48. The minimum Gasteiger partial charge on any atom is -0.462 e. The number of esters is 1. The lowest BCUT2D eigenvalue weighted by molar-refractivity contribution is -0.151. The van der Waals surface area contributed by atoms with E-state index in [1.54, 1.807) is 0 Å². The summed E-state index contributed by atoms with van der Waals surface area (Å²) in [5.41, 5.74) is -0.822. The Labute approximate surface area is 198 Å². The Morgan fingerprint density at radius 1 is 1.22 bits per heavy atom. The Kier molecular flexibility index (Phi) is 9.81. The van der Waals surface area contributed by atoms with Crippen LogP contribution in [0.4, 0.5) is 0 Å². The summed E-state index contributed by atoms with van der Waals surface area (Å²) in [4.78, 5) is 12.4. The van der Waals surface area contributed by atoms with E-state index in [2.05, 4.69) is 59.0 Å². The van der Waals surface area contributed by atoms with Crippen LogP contribution in [-0.4, -0.2) is 37.2 Å². The highest BCUT2D eigenvalue weighted by molar-refractivity contribution is 6.74. The Morgan fingerprint density at radius 3 is 2.59 bits per heavy atom. The van der Waals surface area contributed by atoms with Gasteiger partial charge in [0.15, 0.2) is 8.32 Å². The number of allylic oxidation sites excluding steroid dienone is 2. The van der Waals surface area contributed by atoms with E-state index in [0.717, 1.165) is 51.4 Å². The average Bonchev–Trinajstić information content (AvgIpc) is 2.97. The van der Waals surface area contributed by atoms with Crippen LogP contribution < -0.4 is 0 Å². The fourth-order valence-corrected chi connectivity index (χ4v) is 5.94. The van der Waals surface area contributed by atoms with Gasteiger partial charge in [0.2, 0.25) is 0 Å². The van der Waals surface area contributed by atoms with E-state index in [-0.39, 0.29) is 35.1 Å². The molecule has 0 radical (unpaired) electrons. The lowest BCUT2D eigenvalue weighted by atomic mass is 9.87. The molecule has 0 bridgehead atoms. The molecule has 0 amide bonds. The maximum absolute atomic E-state index is 12.4. The molecule has 1 heterocycles. The predicted octanol–water partition coefficient (Wildman–Crippen LogP) is 6.94. The number of hydrogen-bond donors (Lipinski definition) is 1. The maximum Gasteiger partial charge on any atom is 0.306 e. The molecule has 0 spiro atoms. The first-order valence-electron chi connectivity index (χ1n) is 12.8. The van der Waals surface area contributed by atoms with Crippen molar-refractivity contribution in [2.45, 2.75) is 128 Å². The van der Waals surface area contributed by atoms with Crippen molar-refractivity contribution in [3.8, 4) is 0 Å². The first-order chi connectivity index (χ1) is 14.9. The molecule has 184 valence electrons. The van der Waals surface area contributed by atoms with Gasteiger partial charge in [0.25, 0.3) is 0 Å². The second-order valence-corrected chi connectivity index (χ2v) is 16.5. The summed E-state index contributed by atoms with van der Waals surface area (Å²) in [6.07, 6.45) is 16.5. The molecule has 1 saturated carbocycles. The van der Waals surface area contributed by atoms with E-state index >= 15 is 0 Å². The number of aliphatic hydroxyl groups is 1. The van der Waals surface area contributed by atoms with E-state index in [0.29, 0.717) is 6.42 Å². The third kappa shape index (κ3) is 7.84. The minimum atomic E-state index is -1.99. The largest absolute Gasteiger partial charge is 0.462 e. The first kappa shape index (κ1) is 27.3. The maximum atomic E-state index is 12.4. The number of rotatable bonds is 8. The molecule has 0 aromatic carbocycles. The van der Waals surface area contributed by atoms with Crippen LogP contribution in [0.3, 0.4) is 0 Å². The topological polar surface area (TPSA) is 55.8 Å². The molecule has 32 heavy (non-hydrogen) atoms. The van der Waals surface area contributed by atoms with E-state index < -0.39 is 13.9 Å². The lowest BCUT2D eigenvalue weighted by Gasteiger charge is -2.40. The van der Waals surface area contributed by atoms with Gasteiger partial charge in [0, 0.05) is 24.7 Å². The van der Waals surface area contributed by atoms with Gasteiger partial charge in [0.05, 0.1) is 11.7 Å². The number of carbonyl (C=O) groups excluding carboxylic acids is 1. The molecule has 0 saturated heterocycles. The van der Waals surface area contributed by atoms with Gasteiger partial charge in [-0.1, -0.05) is 71.3 Å². The summed E-state index contributed by atoms with van der Waals surface area (Å²) >= 11 is 0. The normalized spacial score (nSPS) is 30.6. The Bertz CT molecular complexity index is 659. The van der Waals surface area contributed by atoms with Crippen molar-refractivity contribution < 1.29 is 19.1 Å².